The number of hydrogen-bond acceptors (Lipinski definition) is 5. The molecule has 0 unspecified atom stereocenters. The molecule has 31 heavy (non-hydrogen) atoms. The van der Waals surface area contributed by atoms with Crippen LogP contribution >= 0.6 is 0 Å². The van der Waals surface area contributed by atoms with Crippen LogP contribution in [0.25, 0.3) is 0 Å². The van der Waals surface area contributed by atoms with Gasteiger partial charge in [0, 0.05) is 52.5 Å². The van der Waals surface area contributed by atoms with Gasteiger partial charge in [0.05, 0.1) is 7.11 Å². The number of guanidine groups is 1. The normalized spacial score (nSPS) is 15.1. The van der Waals surface area contributed by atoms with Crippen LogP contribution in [0.3, 0.4) is 0 Å². The Hall–Kier alpha value is -2.80. The molecular weight excluding hydrogens is 388 g/mol. The SMILES string of the molecule is CCN1CCN(c2ccc(CNC(=NC)NCCc3ccc(C)c(OC)c3)cn2)CC1. The molecule has 3 rings (SSSR count). The Kier molecular flexibility index (Phi) is 8.53. The van der Waals surface area contributed by atoms with E-state index >= 15 is 0 Å². The number of aliphatic imine (C=N–C) groups is 1. The van der Waals surface area contributed by atoms with E-state index in [0.29, 0.717) is 6.54 Å². The number of likely N-dealkylation sites (N-methyl/N-ethyl adjacent to an activating group) is 1. The van der Waals surface area contributed by atoms with Crippen molar-refractivity contribution in [3.8, 4) is 5.75 Å². The van der Waals surface area contributed by atoms with E-state index in [1.807, 2.05) is 6.20 Å². The summed E-state index contributed by atoms with van der Waals surface area (Å²) < 4.78 is 5.41. The fraction of sp³-hybridized carbons (Fsp3) is 0.500. The van der Waals surface area contributed by atoms with Gasteiger partial charge in [-0.3, -0.25) is 4.99 Å². The van der Waals surface area contributed by atoms with Crippen LogP contribution < -0.4 is 20.3 Å². The number of hydrogen-bond donors (Lipinski definition) is 2. The second kappa shape index (κ2) is 11.6. The molecule has 1 aromatic heterocycles. The Balaban J connectivity index is 1.43. The molecule has 1 aliphatic rings. The first-order chi connectivity index (χ1) is 15.1. The number of aryl methyl sites for hydroxylation is 1. The summed E-state index contributed by atoms with van der Waals surface area (Å²) in [6.07, 6.45) is 2.86. The molecule has 2 N–H and O–H groups in total. The summed E-state index contributed by atoms with van der Waals surface area (Å²) >= 11 is 0. The molecule has 0 aliphatic carbocycles. The zero-order valence-electron chi connectivity index (χ0n) is 19.3. The number of methoxy groups -OCH3 is 1. The zero-order chi connectivity index (χ0) is 22.1. The van der Waals surface area contributed by atoms with Crippen molar-refractivity contribution in [2.45, 2.75) is 26.8 Å². The molecule has 1 aliphatic heterocycles. The number of benzene rings is 1. The molecule has 7 nitrogen and oxygen atoms in total. The highest BCUT2D eigenvalue weighted by Crippen LogP contribution is 2.19. The van der Waals surface area contributed by atoms with E-state index in [9.17, 15) is 0 Å². The van der Waals surface area contributed by atoms with Gasteiger partial charge in [0.2, 0.25) is 0 Å². The van der Waals surface area contributed by atoms with Crippen LogP contribution in [0.4, 0.5) is 5.82 Å². The quantitative estimate of drug-likeness (QED) is 0.501. The van der Waals surface area contributed by atoms with Gasteiger partial charge in [-0.1, -0.05) is 25.1 Å². The maximum absolute atomic E-state index is 5.41. The van der Waals surface area contributed by atoms with Gasteiger partial charge >= 0.3 is 0 Å². The van der Waals surface area contributed by atoms with Gasteiger partial charge in [-0.05, 0) is 48.7 Å². The van der Waals surface area contributed by atoms with Crippen molar-refractivity contribution in [2.24, 2.45) is 4.99 Å². The number of anilines is 1. The van der Waals surface area contributed by atoms with E-state index in [1.54, 1.807) is 14.2 Å². The second-order valence-corrected chi connectivity index (χ2v) is 7.85. The number of rotatable bonds is 8. The Morgan fingerprint density at radius 2 is 1.87 bits per heavy atom. The molecule has 2 aromatic rings. The molecule has 0 bridgehead atoms. The van der Waals surface area contributed by atoms with Gasteiger partial charge in [0.25, 0.3) is 0 Å². The van der Waals surface area contributed by atoms with E-state index in [2.05, 4.69) is 74.6 Å². The molecule has 1 saturated heterocycles. The molecule has 0 atom stereocenters. The number of nitrogens with zero attached hydrogens (tertiary/aromatic N) is 4. The van der Waals surface area contributed by atoms with Gasteiger partial charge < -0.3 is 25.2 Å². The fourth-order valence-corrected chi connectivity index (χ4v) is 3.75. The van der Waals surface area contributed by atoms with Crippen LogP contribution in [0.15, 0.2) is 41.5 Å². The predicted molar refractivity (Wildman–Crippen MR) is 128 cm³/mol. The van der Waals surface area contributed by atoms with E-state index in [-0.39, 0.29) is 0 Å². The van der Waals surface area contributed by atoms with Gasteiger partial charge in [-0.25, -0.2) is 4.98 Å². The third-order valence-electron chi connectivity index (χ3n) is 5.81. The Bertz CT molecular complexity index is 844. The first-order valence-electron chi connectivity index (χ1n) is 11.1. The number of piperazine rings is 1. The number of nitrogens with one attached hydrogen (secondary N) is 2. The molecule has 0 saturated carbocycles. The lowest BCUT2D eigenvalue weighted by molar-refractivity contribution is 0.270. The van der Waals surface area contributed by atoms with Crippen LogP contribution in [0, 0.1) is 6.92 Å². The second-order valence-electron chi connectivity index (χ2n) is 7.85. The molecule has 2 heterocycles. The third-order valence-corrected chi connectivity index (χ3v) is 5.81. The van der Waals surface area contributed by atoms with Crippen molar-refractivity contribution in [1.82, 2.24) is 20.5 Å². The van der Waals surface area contributed by atoms with Crippen molar-refractivity contribution < 1.29 is 4.74 Å². The number of aromatic nitrogens is 1. The molecule has 1 fully saturated rings. The Morgan fingerprint density at radius 1 is 1.10 bits per heavy atom. The zero-order valence-corrected chi connectivity index (χ0v) is 19.3. The van der Waals surface area contributed by atoms with Crippen molar-refractivity contribution >= 4 is 11.8 Å². The summed E-state index contributed by atoms with van der Waals surface area (Å²) in [6.45, 7) is 11.2. The molecule has 1 aromatic carbocycles. The Morgan fingerprint density at radius 3 is 2.52 bits per heavy atom. The summed E-state index contributed by atoms with van der Waals surface area (Å²) in [7, 11) is 3.51. The van der Waals surface area contributed by atoms with Crippen LogP contribution in [0.2, 0.25) is 0 Å². The summed E-state index contributed by atoms with van der Waals surface area (Å²) in [5.41, 5.74) is 3.53. The van der Waals surface area contributed by atoms with Gasteiger partial charge in [0.15, 0.2) is 5.96 Å². The van der Waals surface area contributed by atoms with Gasteiger partial charge in [-0.2, -0.15) is 0 Å². The largest absolute Gasteiger partial charge is 0.496 e. The predicted octanol–water partition coefficient (Wildman–Crippen LogP) is 2.45. The average Bonchev–Trinajstić information content (AvgIpc) is 2.82. The maximum Gasteiger partial charge on any atom is 0.191 e. The van der Waals surface area contributed by atoms with Crippen LogP contribution in [0.5, 0.6) is 5.75 Å². The standard InChI is InChI=1S/C24H36N6O/c1-5-29-12-14-30(15-13-29)23-9-8-21(17-27-23)18-28-24(25-3)26-11-10-20-7-6-19(2)22(16-20)31-4/h6-9,16-17H,5,10-15,18H2,1-4H3,(H2,25,26,28). The molecule has 0 spiro atoms. The lowest BCUT2D eigenvalue weighted by Gasteiger charge is -2.34. The summed E-state index contributed by atoms with van der Waals surface area (Å²) in [5, 5.41) is 6.75. The van der Waals surface area contributed by atoms with Crippen LogP contribution in [-0.4, -0.2) is 69.3 Å². The molecule has 168 valence electrons. The highest BCUT2D eigenvalue weighted by Gasteiger charge is 2.16. The van der Waals surface area contributed by atoms with Crippen LogP contribution in [-0.2, 0) is 13.0 Å². The first-order valence-corrected chi connectivity index (χ1v) is 11.1. The number of ether oxygens (including phenoxy) is 1. The number of pyridine rings is 1. The summed E-state index contributed by atoms with van der Waals surface area (Å²) in [4.78, 5) is 13.8. The molecular formula is C24H36N6O. The minimum absolute atomic E-state index is 0.689. The van der Waals surface area contributed by atoms with E-state index < -0.39 is 0 Å². The average molecular weight is 425 g/mol. The highest BCUT2D eigenvalue weighted by atomic mass is 16.5. The summed E-state index contributed by atoms with van der Waals surface area (Å²) in [6, 6.07) is 10.6. The monoisotopic (exact) mass is 424 g/mol. The smallest absolute Gasteiger partial charge is 0.191 e. The van der Waals surface area contributed by atoms with E-state index in [0.717, 1.165) is 74.3 Å². The van der Waals surface area contributed by atoms with Gasteiger partial charge in [0.1, 0.15) is 11.6 Å². The van der Waals surface area contributed by atoms with E-state index in [4.69, 9.17) is 4.74 Å². The minimum Gasteiger partial charge on any atom is -0.496 e. The van der Waals surface area contributed by atoms with Crippen molar-refractivity contribution in [2.75, 3.05) is 58.3 Å². The topological polar surface area (TPSA) is 65.0 Å². The van der Waals surface area contributed by atoms with Crippen LogP contribution in [0.1, 0.15) is 23.6 Å². The highest BCUT2D eigenvalue weighted by molar-refractivity contribution is 5.79. The molecule has 7 heteroatoms. The lowest BCUT2D eigenvalue weighted by Crippen LogP contribution is -2.46. The molecule has 0 amide bonds. The third kappa shape index (κ3) is 6.59. The van der Waals surface area contributed by atoms with E-state index in [1.165, 1.54) is 5.56 Å². The maximum atomic E-state index is 5.41. The lowest BCUT2D eigenvalue weighted by atomic mass is 10.1. The van der Waals surface area contributed by atoms with Gasteiger partial charge in [-0.15, -0.1) is 0 Å². The summed E-state index contributed by atoms with van der Waals surface area (Å²) in [5.74, 6) is 2.79. The fourth-order valence-electron chi connectivity index (χ4n) is 3.75. The first kappa shape index (κ1) is 22.9. The Labute approximate surface area is 186 Å². The van der Waals surface area contributed by atoms with Crippen molar-refractivity contribution in [3.63, 3.8) is 0 Å². The molecule has 0 radical (unpaired) electrons. The van der Waals surface area contributed by atoms with Crippen molar-refractivity contribution in [1.29, 1.82) is 0 Å². The van der Waals surface area contributed by atoms with Crippen molar-refractivity contribution in [3.05, 3.63) is 53.2 Å². The minimum atomic E-state index is 0.689.